The van der Waals surface area contributed by atoms with Crippen molar-refractivity contribution in [3.8, 4) is 0 Å². The van der Waals surface area contributed by atoms with Gasteiger partial charge >= 0.3 is 0 Å². The number of carbonyl (C=O) groups is 1. The number of nitrogens with zero attached hydrogens (tertiary/aromatic N) is 2. The zero-order valence-electron chi connectivity index (χ0n) is 12.1. The highest BCUT2D eigenvalue weighted by molar-refractivity contribution is 9.10. The number of Topliss-reactive ketones (excluding diaryl/α,β-unsaturated/α-hetero) is 1. The van der Waals surface area contributed by atoms with Crippen molar-refractivity contribution in [1.82, 2.24) is 4.57 Å². The molecule has 0 saturated carbocycles. The van der Waals surface area contributed by atoms with Gasteiger partial charge in [0.05, 0.1) is 12.0 Å². The molecule has 1 aromatic carbocycles. The van der Waals surface area contributed by atoms with Gasteiger partial charge in [0.1, 0.15) is 17.8 Å². The van der Waals surface area contributed by atoms with E-state index in [1.807, 2.05) is 59.3 Å². The average molecular weight is 369 g/mol. The maximum absolute atomic E-state index is 13.1. The molecule has 3 aromatic rings. The third kappa shape index (κ3) is 2.47. The number of hydrogen-bond donors (Lipinski definition) is 0. The summed E-state index contributed by atoms with van der Waals surface area (Å²) in [6.07, 6.45) is 5.31. The third-order valence-electron chi connectivity index (χ3n) is 4.01. The number of furan rings is 1. The van der Waals surface area contributed by atoms with Gasteiger partial charge in [-0.05, 0) is 36.4 Å². The van der Waals surface area contributed by atoms with Gasteiger partial charge in [0.15, 0.2) is 5.78 Å². The second-order valence-corrected chi connectivity index (χ2v) is 6.31. The number of ketones is 1. The Labute approximate surface area is 141 Å². The molecular formula is C18H13BrN2O2. The Balaban J connectivity index is 1.80. The fourth-order valence-electron chi connectivity index (χ4n) is 2.90. The molecule has 0 fully saturated rings. The van der Waals surface area contributed by atoms with Crippen LogP contribution in [0.2, 0.25) is 0 Å². The summed E-state index contributed by atoms with van der Waals surface area (Å²) in [5.41, 5.74) is 1.58. The number of aromatic nitrogens is 1. The minimum atomic E-state index is -0.447. The Morgan fingerprint density at radius 3 is 2.70 bits per heavy atom. The molecule has 3 heterocycles. The quantitative estimate of drug-likeness (QED) is 0.641. The van der Waals surface area contributed by atoms with Gasteiger partial charge in [-0.25, -0.2) is 0 Å². The number of fused-ring (bicyclic) bond motifs is 1. The zero-order valence-corrected chi connectivity index (χ0v) is 13.7. The van der Waals surface area contributed by atoms with Crippen LogP contribution in [0.25, 0.3) is 0 Å². The van der Waals surface area contributed by atoms with Crippen LogP contribution in [0.5, 0.6) is 0 Å². The monoisotopic (exact) mass is 368 g/mol. The first-order valence-electron chi connectivity index (χ1n) is 7.27. The van der Waals surface area contributed by atoms with Gasteiger partial charge in [-0.15, -0.1) is 0 Å². The lowest BCUT2D eigenvalue weighted by molar-refractivity contribution is 0.0899. The van der Waals surface area contributed by atoms with Gasteiger partial charge in [-0.3, -0.25) is 9.79 Å². The summed E-state index contributed by atoms with van der Waals surface area (Å²) >= 11 is 3.40. The lowest BCUT2D eigenvalue weighted by atomic mass is 9.95. The van der Waals surface area contributed by atoms with Crippen LogP contribution in [0.15, 0.2) is 74.9 Å². The van der Waals surface area contributed by atoms with Crippen LogP contribution in [-0.4, -0.2) is 16.6 Å². The molecule has 0 unspecified atom stereocenters. The number of benzene rings is 1. The molecule has 2 atom stereocenters. The molecule has 0 aliphatic carbocycles. The molecule has 114 valence electrons. The largest absolute Gasteiger partial charge is 0.467 e. The van der Waals surface area contributed by atoms with Crippen LogP contribution in [0.3, 0.4) is 0 Å². The summed E-state index contributed by atoms with van der Waals surface area (Å²) in [6, 6.07) is 14.1. The van der Waals surface area contributed by atoms with Crippen LogP contribution < -0.4 is 0 Å². The van der Waals surface area contributed by atoms with Crippen molar-refractivity contribution in [3.05, 3.63) is 82.5 Å². The highest BCUT2D eigenvalue weighted by atomic mass is 79.9. The number of carbonyl (C=O) groups excluding carboxylic acids is 1. The van der Waals surface area contributed by atoms with Crippen LogP contribution in [0.4, 0.5) is 0 Å². The number of aliphatic imine (C=N–C) groups is 1. The van der Waals surface area contributed by atoms with Gasteiger partial charge in [0.25, 0.3) is 0 Å². The first-order chi connectivity index (χ1) is 11.2. The standard InChI is InChI=1S/C18H13BrN2O2/c19-13-7-5-12(6-8-13)18(22)17-16(15-4-2-10-23-15)20-11-14-3-1-9-21(14)17/h1-11,16-17H/t16-,17+/m1/s1. The molecular weight excluding hydrogens is 356 g/mol. The van der Waals surface area contributed by atoms with E-state index in [1.54, 1.807) is 12.5 Å². The van der Waals surface area contributed by atoms with Crippen molar-refractivity contribution >= 4 is 27.9 Å². The third-order valence-corrected chi connectivity index (χ3v) is 4.54. The number of rotatable bonds is 3. The van der Waals surface area contributed by atoms with Gasteiger partial charge in [0, 0.05) is 22.4 Å². The highest BCUT2D eigenvalue weighted by Crippen LogP contribution is 2.36. The first kappa shape index (κ1) is 14.2. The Hall–Kier alpha value is -2.40. The van der Waals surface area contributed by atoms with E-state index in [0.29, 0.717) is 11.3 Å². The smallest absolute Gasteiger partial charge is 0.188 e. The Bertz CT molecular complexity index is 863. The van der Waals surface area contributed by atoms with Crippen LogP contribution in [0.1, 0.15) is 33.9 Å². The fourth-order valence-corrected chi connectivity index (χ4v) is 3.17. The molecule has 23 heavy (non-hydrogen) atoms. The summed E-state index contributed by atoms with van der Waals surface area (Å²) in [6.45, 7) is 0. The van der Waals surface area contributed by atoms with Gasteiger partial charge in [-0.1, -0.05) is 28.1 Å². The lowest BCUT2D eigenvalue weighted by Crippen LogP contribution is -2.29. The Morgan fingerprint density at radius 2 is 1.96 bits per heavy atom. The molecule has 0 N–H and O–H groups in total. The molecule has 2 aromatic heterocycles. The van der Waals surface area contributed by atoms with Crippen molar-refractivity contribution in [2.75, 3.05) is 0 Å². The second kappa shape index (κ2) is 5.66. The molecule has 1 aliphatic heterocycles. The number of halogens is 1. The topological polar surface area (TPSA) is 47.5 Å². The minimum absolute atomic E-state index is 0.0215. The van der Waals surface area contributed by atoms with Gasteiger partial charge in [-0.2, -0.15) is 0 Å². The summed E-state index contributed by atoms with van der Waals surface area (Å²) in [5, 5.41) is 0. The second-order valence-electron chi connectivity index (χ2n) is 5.39. The van der Waals surface area contributed by atoms with E-state index in [2.05, 4.69) is 20.9 Å². The summed E-state index contributed by atoms with van der Waals surface area (Å²) in [4.78, 5) is 17.7. The Kier molecular flexibility index (Phi) is 3.50. The van der Waals surface area contributed by atoms with Crippen LogP contribution in [0, 0.1) is 0 Å². The molecule has 0 bridgehead atoms. The summed E-state index contributed by atoms with van der Waals surface area (Å²) in [5.74, 6) is 0.712. The molecule has 4 nitrogen and oxygen atoms in total. The molecule has 5 heteroatoms. The molecule has 1 aliphatic rings. The summed E-state index contributed by atoms with van der Waals surface area (Å²) in [7, 11) is 0. The van der Waals surface area contributed by atoms with Crippen LogP contribution >= 0.6 is 15.9 Å². The van der Waals surface area contributed by atoms with E-state index >= 15 is 0 Å². The summed E-state index contributed by atoms with van der Waals surface area (Å²) < 4.78 is 8.42. The molecule has 0 amide bonds. The predicted molar refractivity (Wildman–Crippen MR) is 91.0 cm³/mol. The molecule has 4 rings (SSSR count). The average Bonchev–Trinajstić information content (AvgIpc) is 3.25. The van der Waals surface area contributed by atoms with Crippen molar-refractivity contribution in [3.63, 3.8) is 0 Å². The van der Waals surface area contributed by atoms with Crippen molar-refractivity contribution < 1.29 is 9.21 Å². The molecule has 0 spiro atoms. The number of hydrogen-bond acceptors (Lipinski definition) is 3. The Morgan fingerprint density at radius 1 is 1.13 bits per heavy atom. The molecule has 0 saturated heterocycles. The fraction of sp³-hybridized carbons (Fsp3) is 0.111. The normalized spacial score (nSPS) is 19.5. The van der Waals surface area contributed by atoms with E-state index in [9.17, 15) is 4.79 Å². The molecule has 0 radical (unpaired) electrons. The van der Waals surface area contributed by atoms with Crippen molar-refractivity contribution in [2.24, 2.45) is 4.99 Å². The highest BCUT2D eigenvalue weighted by Gasteiger charge is 2.35. The van der Waals surface area contributed by atoms with Crippen molar-refractivity contribution in [1.29, 1.82) is 0 Å². The van der Waals surface area contributed by atoms with E-state index in [0.717, 1.165) is 10.2 Å². The van der Waals surface area contributed by atoms with Crippen LogP contribution in [-0.2, 0) is 0 Å². The maximum Gasteiger partial charge on any atom is 0.188 e. The first-order valence-corrected chi connectivity index (χ1v) is 8.06. The van der Waals surface area contributed by atoms with Gasteiger partial charge < -0.3 is 8.98 Å². The van der Waals surface area contributed by atoms with E-state index in [4.69, 9.17) is 4.42 Å². The van der Waals surface area contributed by atoms with E-state index in [-0.39, 0.29) is 11.8 Å². The van der Waals surface area contributed by atoms with E-state index in [1.165, 1.54) is 0 Å². The minimum Gasteiger partial charge on any atom is -0.467 e. The van der Waals surface area contributed by atoms with Gasteiger partial charge in [0.2, 0.25) is 0 Å². The van der Waals surface area contributed by atoms with Crippen molar-refractivity contribution in [2.45, 2.75) is 12.1 Å². The maximum atomic E-state index is 13.1. The van der Waals surface area contributed by atoms with E-state index < -0.39 is 6.04 Å². The zero-order chi connectivity index (χ0) is 15.8. The predicted octanol–water partition coefficient (Wildman–Crippen LogP) is 4.44. The lowest BCUT2D eigenvalue weighted by Gasteiger charge is -2.27. The SMILES string of the molecule is O=C(c1ccc(Br)cc1)[C@@H]1[C@@H](c2ccco2)N=Cc2cccn21.